The van der Waals surface area contributed by atoms with Crippen molar-refractivity contribution in [1.29, 1.82) is 0 Å². The molecule has 194 valence electrons. The number of rotatable bonds is 8. The molecule has 4 aromatic rings. The predicted molar refractivity (Wildman–Crippen MR) is 142 cm³/mol. The Hall–Kier alpha value is -3.03. The summed E-state index contributed by atoms with van der Waals surface area (Å²) in [7, 11) is 0. The van der Waals surface area contributed by atoms with E-state index in [1.807, 2.05) is 30.0 Å². The summed E-state index contributed by atoms with van der Waals surface area (Å²) in [5.41, 5.74) is 9.38. The van der Waals surface area contributed by atoms with Crippen molar-refractivity contribution in [1.82, 2.24) is 30.2 Å². The Morgan fingerprint density at radius 3 is 2.97 bits per heavy atom. The maximum Gasteiger partial charge on any atom is 0.226 e. The van der Waals surface area contributed by atoms with E-state index in [0.29, 0.717) is 46.5 Å². The van der Waals surface area contributed by atoms with Crippen LogP contribution >= 0.6 is 23.4 Å². The van der Waals surface area contributed by atoms with Gasteiger partial charge in [0, 0.05) is 48.7 Å². The fourth-order valence-electron chi connectivity index (χ4n) is 4.38. The van der Waals surface area contributed by atoms with Gasteiger partial charge in [-0.15, -0.1) is 0 Å². The Labute approximate surface area is 221 Å². The summed E-state index contributed by atoms with van der Waals surface area (Å²) in [6.07, 6.45) is 3.15. The SMILES string of the molecule is CCc1[nH]c2nc(Sc3cnc4cccnc4c3)nc(N3C[C@H](N)[C@H](C(=O)NCC(O)CO)C3)c2c1Cl. The van der Waals surface area contributed by atoms with Crippen LogP contribution in [0, 0.1) is 5.92 Å². The number of aryl methyl sites for hydroxylation is 1. The Balaban J connectivity index is 1.47. The van der Waals surface area contributed by atoms with E-state index in [1.165, 1.54) is 11.8 Å². The minimum Gasteiger partial charge on any atom is -0.394 e. The Kier molecular flexibility index (Phi) is 7.45. The van der Waals surface area contributed by atoms with Gasteiger partial charge in [0.2, 0.25) is 5.91 Å². The van der Waals surface area contributed by atoms with Crippen LogP contribution in [0.4, 0.5) is 5.82 Å². The number of fused-ring (bicyclic) bond motifs is 2. The number of H-pyrrole nitrogens is 1. The predicted octanol–water partition coefficient (Wildman–Crippen LogP) is 1.50. The number of aromatic nitrogens is 5. The molecule has 5 rings (SSSR count). The number of aromatic amines is 1. The summed E-state index contributed by atoms with van der Waals surface area (Å²) >= 11 is 8.09. The van der Waals surface area contributed by atoms with Gasteiger partial charge >= 0.3 is 0 Å². The molecular formula is C24H27ClN8O3S. The van der Waals surface area contributed by atoms with Crippen molar-refractivity contribution in [2.75, 3.05) is 31.1 Å². The number of pyridine rings is 2. The highest BCUT2D eigenvalue weighted by molar-refractivity contribution is 7.99. The minimum absolute atomic E-state index is 0.0464. The molecule has 6 N–H and O–H groups in total. The molecule has 1 unspecified atom stereocenters. The van der Waals surface area contributed by atoms with Gasteiger partial charge in [-0.2, -0.15) is 0 Å². The first-order valence-corrected chi connectivity index (χ1v) is 13.1. The Morgan fingerprint density at radius 2 is 2.19 bits per heavy atom. The van der Waals surface area contributed by atoms with Gasteiger partial charge in [-0.1, -0.05) is 18.5 Å². The standard InChI is InChI=1S/C24H27ClN8O3S/c1-2-16-20(25)19-21(30-16)31-24(37-13-6-18-17(28-8-13)4-3-5-27-18)32-22(19)33-9-14(15(26)10-33)23(36)29-7-12(35)11-34/h3-6,8,12,14-15,34-35H,2,7,9-11,26H2,1H3,(H,29,36)(H,30,31,32)/t12?,14-,15+/m1/s1. The summed E-state index contributed by atoms with van der Waals surface area (Å²) in [5.74, 6) is -0.209. The minimum atomic E-state index is -1.02. The fraction of sp³-hybridized carbons (Fsp3) is 0.375. The van der Waals surface area contributed by atoms with Gasteiger partial charge in [-0.25, -0.2) is 9.97 Å². The summed E-state index contributed by atoms with van der Waals surface area (Å²) in [6, 6.07) is 5.23. The van der Waals surface area contributed by atoms with Gasteiger partial charge in [-0.05, 0) is 36.4 Å². The van der Waals surface area contributed by atoms with Gasteiger partial charge < -0.3 is 31.1 Å². The maximum absolute atomic E-state index is 12.8. The van der Waals surface area contributed by atoms with Crippen molar-refractivity contribution in [2.24, 2.45) is 11.7 Å². The molecule has 37 heavy (non-hydrogen) atoms. The lowest BCUT2D eigenvalue weighted by Gasteiger charge is -2.19. The highest BCUT2D eigenvalue weighted by Crippen LogP contribution is 2.38. The van der Waals surface area contributed by atoms with Crippen LogP contribution in [0.25, 0.3) is 22.1 Å². The summed E-state index contributed by atoms with van der Waals surface area (Å²) in [5, 5.41) is 23.0. The van der Waals surface area contributed by atoms with Crippen LogP contribution in [0.15, 0.2) is 40.6 Å². The number of carbonyl (C=O) groups excluding carboxylic acids is 1. The molecule has 0 saturated carbocycles. The van der Waals surface area contributed by atoms with Crippen molar-refractivity contribution in [3.63, 3.8) is 0 Å². The number of amides is 1. The molecular weight excluding hydrogens is 516 g/mol. The van der Waals surface area contributed by atoms with Gasteiger partial charge in [0.1, 0.15) is 11.5 Å². The number of hydrogen-bond donors (Lipinski definition) is 5. The second kappa shape index (κ2) is 10.8. The average Bonchev–Trinajstić information content (AvgIpc) is 3.45. The molecule has 5 heterocycles. The molecule has 3 atom stereocenters. The van der Waals surface area contributed by atoms with Crippen molar-refractivity contribution in [2.45, 2.75) is 35.5 Å². The Morgan fingerprint density at radius 1 is 1.35 bits per heavy atom. The van der Waals surface area contributed by atoms with E-state index in [9.17, 15) is 9.90 Å². The first-order chi connectivity index (χ1) is 17.9. The van der Waals surface area contributed by atoms with Gasteiger partial charge in [-0.3, -0.25) is 14.8 Å². The lowest BCUT2D eigenvalue weighted by Crippen LogP contribution is -2.43. The van der Waals surface area contributed by atoms with Crippen molar-refractivity contribution in [3.8, 4) is 0 Å². The molecule has 0 bridgehead atoms. The third kappa shape index (κ3) is 5.20. The summed E-state index contributed by atoms with van der Waals surface area (Å²) in [6.45, 7) is 2.23. The average molecular weight is 543 g/mol. The summed E-state index contributed by atoms with van der Waals surface area (Å²) < 4.78 is 0. The van der Waals surface area contributed by atoms with Crippen LogP contribution in [-0.4, -0.2) is 79.4 Å². The van der Waals surface area contributed by atoms with Crippen molar-refractivity contribution >= 4 is 57.2 Å². The number of nitrogens with zero attached hydrogens (tertiary/aromatic N) is 5. The lowest BCUT2D eigenvalue weighted by molar-refractivity contribution is -0.125. The molecule has 1 amide bonds. The molecule has 1 fully saturated rings. The molecule has 0 aromatic carbocycles. The zero-order valence-corrected chi connectivity index (χ0v) is 21.6. The highest BCUT2D eigenvalue weighted by atomic mass is 35.5. The third-order valence-corrected chi connectivity index (χ3v) is 7.58. The van der Waals surface area contributed by atoms with E-state index in [-0.39, 0.29) is 12.5 Å². The first kappa shape index (κ1) is 25.6. The topological polar surface area (TPSA) is 166 Å². The zero-order valence-electron chi connectivity index (χ0n) is 20.1. The molecule has 0 radical (unpaired) electrons. The van der Waals surface area contributed by atoms with Gasteiger partial charge in [0.25, 0.3) is 0 Å². The van der Waals surface area contributed by atoms with E-state index in [2.05, 4.69) is 20.3 Å². The van der Waals surface area contributed by atoms with Gasteiger partial charge in [0.05, 0.1) is 40.1 Å². The van der Waals surface area contributed by atoms with E-state index >= 15 is 0 Å². The number of nitrogens with one attached hydrogen (secondary N) is 2. The molecule has 1 aliphatic rings. The zero-order chi connectivity index (χ0) is 26.1. The molecule has 0 spiro atoms. The largest absolute Gasteiger partial charge is 0.394 e. The number of carbonyl (C=O) groups is 1. The van der Waals surface area contributed by atoms with E-state index in [4.69, 9.17) is 32.4 Å². The number of nitrogens with two attached hydrogens (primary N) is 1. The fourth-order valence-corrected chi connectivity index (χ4v) is 5.49. The lowest BCUT2D eigenvalue weighted by atomic mass is 10.0. The molecule has 0 aliphatic carbocycles. The smallest absolute Gasteiger partial charge is 0.226 e. The van der Waals surface area contributed by atoms with Crippen LogP contribution in [0.5, 0.6) is 0 Å². The maximum atomic E-state index is 12.8. The van der Waals surface area contributed by atoms with Crippen molar-refractivity contribution in [3.05, 3.63) is 41.3 Å². The molecule has 4 aromatic heterocycles. The van der Waals surface area contributed by atoms with Crippen LogP contribution in [0.3, 0.4) is 0 Å². The molecule has 1 saturated heterocycles. The first-order valence-electron chi connectivity index (χ1n) is 11.9. The molecule has 1 aliphatic heterocycles. The number of aliphatic hydroxyl groups excluding tert-OH is 2. The van der Waals surface area contributed by atoms with Crippen LogP contribution in [0.1, 0.15) is 12.6 Å². The van der Waals surface area contributed by atoms with E-state index in [1.54, 1.807) is 12.4 Å². The van der Waals surface area contributed by atoms with Crippen LogP contribution in [-0.2, 0) is 11.2 Å². The molecule has 13 heteroatoms. The van der Waals surface area contributed by atoms with Crippen molar-refractivity contribution < 1.29 is 15.0 Å². The second-order valence-electron chi connectivity index (χ2n) is 8.90. The number of aliphatic hydroxyl groups is 2. The Bertz CT molecular complexity index is 1450. The monoisotopic (exact) mass is 542 g/mol. The quantitative estimate of drug-likeness (QED) is 0.206. The van der Waals surface area contributed by atoms with Crippen LogP contribution < -0.4 is 16.0 Å². The number of anilines is 1. The normalized spacial score (nSPS) is 18.6. The van der Waals surface area contributed by atoms with Gasteiger partial charge in [0.15, 0.2) is 5.16 Å². The van der Waals surface area contributed by atoms with Crippen LogP contribution in [0.2, 0.25) is 5.02 Å². The van der Waals surface area contributed by atoms with E-state index in [0.717, 1.165) is 21.6 Å². The van der Waals surface area contributed by atoms with E-state index < -0.39 is 24.7 Å². The number of hydrogen-bond acceptors (Lipinski definition) is 10. The number of halogens is 1. The molecule has 11 nitrogen and oxygen atoms in total. The summed E-state index contributed by atoms with van der Waals surface area (Å²) in [4.78, 5) is 37.3. The highest BCUT2D eigenvalue weighted by Gasteiger charge is 2.37. The second-order valence-corrected chi connectivity index (χ2v) is 10.3. The third-order valence-electron chi connectivity index (χ3n) is 6.34.